The Kier molecular flexibility index (Phi) is 8.91. The van der Waals surface area contributed by atoms with Crippen LogP contribution in [0, 0.1) is 0 Å². The molecular weight excluding hydrogens is 689 g/mol. The van der Waals surface area contributed by atoms with E-state index < -0.39 is 49.6 Å². The van der Waals surface area contributed by atoms with Crippen LogP contribution < -0.4 is 9.36 Å². The molecule has 4 aromatic carbocycles. The second kappa shape index (κ2) is 13.7. The van der Waals surface area contributed by atoms with Crippen molar-refractivity contribution in [3.8, 4) is 0 Å². The van der Waals surface area contributed by atoms with E-state index >= 15 is 0 Å². The van der Waals surface area contributed by atoms with Crippen LogP contribution in [0.5, 0.6) is 0 Å². The first-order valence-electron chi connectivity index (χ1n) is 15.3. The molecular formula is C37H27N5O6Se. The van der Waals surface area contributed by atoms with Gasteiger partial charge in [0.1, 0.15) is 0 Å². The third-order valence-electron chi connectivity index (χ3n) is 7.94. The molecule has 11 nitrogen and oxygen atoms in total. The zero-order valence-corrected chi connectivity index (χ0v) is 27.4. The van der Waals surface area contributed by atoms with Crippen molar-refractivity contribution in [2.24, 2.45) is 0 Å². The summed E-state index contributed by atoms with van der Waals surface area (Å²) in [4.78, 5) is 68.4. The van der Waals surface area contributed by atoms with E-state index in [4.69, 9.17) is 9.47 Å². The Hall–Kier alpha value is -5.81. The van der Waals surface area contributed by atoms with Crippen LogP contribution in [0.25, 0.3) is 11.2 Å². The molecule has 0 N–H and O–H groups in total. The summed E-state index contributed by atoms with van der Waals surface area (Å²) in [7, 11) is 0. The maximum absolute atomic E-state index is 13.9. The average Bonchev–Trinajstić information content (AvgIpc) is 3.75. The Morgan fingerprint density at radius 3 is 1.90 bits per heavy atom. The molecule has 49 heavy (non-hydrogen) atoms. The number of hydrogen-bond acceptors (Lipinski definition) is 9. The number of fused-ring (bicyclic) bond motifs is 1. The van der Waals surface area contributed by atoms with Crippen molar-refractivity contribution in [2.75, 3.05) is 4.90 Å². The second-order valence-electron chi connectivity index (χ2n) is 11.0. The quantitative estimate of drug-likeness (QED) is 0.0926. The molecule has 0 bridgehead atoms. The molecule has 6 aromatic rings. The van der Waals surface area contributed by atoms with Crippen molar-refractivity contribution >= 4 is 60.5 Å². The van der Waals surface area contributed by atoms with Gasteiger partial charge in [-0.15, -0.1) is 0 Å². The summed E-state index contributed by atoms with van der Waals surface area (Å²) >= 11 is -0.607. The summed E-state index contributed by atoms with van der Waals surface area (Å²) in [5.74, 6) is -1.80. The van der Waals surface area contributed by atoms with E-state index in [1.165, 1.54) is 12.7 Å². The number of carbonyl (C=O) groups excluding carboxylic acids is 4. The van der Waals surface area contributed by atoms with Gasteiger partial charge >= 0.3 is 275 Å². The van der Waals surface area contributed by atoms with Gasteiger partial charge in [0.25, 0.3) is 0 Å². The molecule has 1 aliphatic rings. The second-order valence-corrected chi connectivity index (χ2v) is 13.8. The molecule has 0 aliphatic carbocycles. The number of carbonyl (C=O) groups is 4. The predicted octanol–water partition coefficient (Wildman–Crippen LogP) is 4.38. The van der Waals surface area contributed by atoms with Gasteiger partial charge in [-0.05, 0) is 0 Å². The van der Waals surface area contributed by atoms with Crippen LogP contribution in [0.1, 0.15) is 43.7 Å². The monoisotopic (exact) mass is 717 g/mol. The van der Waals surface area contributed by atoms with Gasteiger partial charge < -0.3 is 0 Å². The Labute approximate surface area is 286 Å². The number of hydrogen-bond donors (Lipinski definition) is 0. The Morgan fingerprint density at radius 2 is 1.33 bits per heavy atom. The first kappa shape index (κ1) is 31.8. The fourth-order valence-corrected chi connectivity index (χ4v) is 7.97. The number of benzene rings is 4. The summed E-state index contributed by atoms with van der Waals surface area (Å²) < 4.78 is 13.5. The van der Waals surface area contributed by atoms with Crippen molar-refractivity contribution in [3.05, 3.63) is 151 Å². The maximum atomic E-state index is 13.9. The number of amides is 2. The fraction of sp³-hybridized carbons (Fsp3) is 0.108. The van der Waals surface area contributed by atoms with E-state index in [0.29, 0.717) is 11.8 Å². The van der Waals surface area contributed by atoms with E-state index in [1.807, 2.05) is 30.3 Å². The Morgan fingerprint density at radius 1 is 0.776 bits per heavy atom. The van der Waals surface area contributed by atoms with Gasteiger partial charge in [-0.3, -0.25) is 0 Å². The molecule has 0 saturated carbocycles. The van der Waals surface area contributed by atoms with Crippen LogP contribution in [-0.2, 0) is 14.3 Å². The number of esters is 1. The summed E-state index contributed by atoms with van der Waals surface area (Å²) in [6.07, 6.45) is 1.71. The third kappa shape index (κ3) is 6.28. The van der Waals surface area contributed by atoms with Crippen molar-refractivity contribution in [1.82, 2.24) is 19.5 Å². The molecule has 1 fully saturated rings. The van der Waals surface area contributed by atoms with Crippen molar-refractivity contribution < 1.29 is 28.7 Å². The molecule has 0 spiro atoms. The van der Waals surface area contributed by atoms with Crippen molar-refractivity contribution in [1.29, 1.82) is 0 Å². The number of imidazole rings is 1. The van der Waals surface area contributed by atoms with Crippen LogP contribution in [0.3, 0.4) is 0 Å². The van der Waals surface area contributed by atoms with Crippen molar-refractivity contribution in [2.45, 2.75) is 23.3 Å². The molecule has 2 amide bonds. The molecule has 1 saturated heterocycles. The standard InChI is InChI=1S/C37H27N5O6Se/c43-22-37(49-28-19-11-4-12-20-28)29(47-36(46)27-17-9-3-10-18-27)21-30(48-37)41-24-40-31-32(41)38-23-39-33(31)42(34(44)25-13-5-1-6-14-25)35(45)26-15-7-2-8-16-26/h1-20,22-24,29-30H,21H2/t29-,30+,37?/m0/s1. The van der Waals surface area contributed by atoms with Gasteiger partial charge in [0, 0.05) is 0 Å². The number of anilines is 1. The first-order valence-corrected chi connectivity index (χ1v) is 17.0. The number of aromatic nitrogens is 4. The molecule has 1 unspecified atom stereocenters. The van der Waals surface area contributed by atoms with Gasteiger partial charge in [-0.2, -0.15) is 0 Å². The molecule has 12 heteroatoms. The van der Waals surface area contributed by atoms with Crippen molar-refractivity contribution in [3.63, 3.8) is 0 Å². The summed E-state index contributed by atoms with van der Waals surface area (Å²) in [5, 5.41) is 0. The molecule has 1 aliphatic heterocycles. The summed E-state index contributed by atoms with van der Waals surface area (Å²) in [5.41, 5.74) is 1.31. The number of aldehydes is 1. The minimum atomic E-state index is -1.48. The van der Waals surface area contributed by atoms with E-state index in [1.54, 1.807) is 95.6 Å². The van der Waals surface area contributed by atoms with Crippen LogP contribution in [0.4, 0.5) is 5.82 Å². The SMILES string of the molecule is O=CC1([Se]c2ccccc2)O[C@@H](n2cnc3c(N(C(=O)c4ccccc4)C(=O)c4ccccc4)ncnc32)C[C@@H]1OC(=O)c1ccccc1. The zero-order chi connectivity index (χ0) is 33.8. The van der Waals surface area contributed by atoms with Gasteiger partial charge in [-0.25, -0.2) is 0 Å². The predicted molar refractivity (Wildman–Crippen MR) is 180 cm³/mol. The Bertz CT molecular complexity index is 2080. The third-order valence-corrected chi connectivity index (χ3v) is 10.6. The summed E-state index contributed by atoms with van der Waals surface area (Å²) in [6.45, 7) is 0. The normalized spacial score (nSPS) is 18.5. The van der Waals surface area contributed by atoms with Gasteiger partial charge in [0.2, 0.25) is 0 Å². The van der Waals surface area contributed by atoms with Crippen LogP contribution >= 0.6 is 0 Å². The van der Waals surface area contributed by atoms with Crippen LogP contribution in [0.2, 0.25) is 0 Å². The molecule has 0 radical (unpaired) electrons. The van der Waals surface area contributed by atoms with E-state index in [-0.39, 0.29) is 34.5 Å². The zero-order valence-electron chi connectivity index (χ0n) is 25.7. The number of nitrogens with zero attached hydrogens (tertiary/aromatic N) is 5. The number of ether oxygens (including phenoxy) is 2. The number of imide groups is 1. The summed E-state index contributed by atoms with van der Waals surface area (Å²) in [6, 6.07) is 34.8. The minimum absolute atomic E-state index is 0.0216. The molecule has 2 aromatic heterocycles. The topological polar surface area (TPSA) is 134 Å². The van der Waals surface area contributed by atoms with Gasteiger partial charge in [0.15, 0.2) is 0 Å². The fourth-order valence-electron chi connectivity index (χ4n) is 5.56. The molecule has 242 valence electrons. The van der Waals surface area contributed by atoms with Gasteiger partial charge in [-0.1, -0.05) is 12.1 Å². The van der Waals surface area contributed by atoms with Crippen LogP contribution in [-0.4, -0.2) is 69.1 Å². The average molecular weight is 717 g/mol. The molecule has 3 atom stereocenters. The van der Waals surface area contributed by atoms with E-state index in [0.717, 1.165) is 9.36 Å². The molecule has 3 heterocycles. The molecule has 7 rings (SSSR count). The number of rotatable bonds is 9. The first-order chi connectivity index (χ1) is 24.0. The van der Waals surface area contributed by atoms with E-state index in [9.17, 15) is 19.2 Å². The van der Waals surface area contributed by atoms with E-state index in [2.05, 4.69) is 15.0 Å². The Balaban J connectivity index is 1.28. The van der Waals surface area contributed by atoms with Gasteiger partial charge in [0.05, 0.1) is 0 Å². The van der Waals surface area contributed by atoms with Crippen LogP contribution in [0.15, 0.2) is 134 Å².